The fourth-order valence-electron chi connectivity index (χ4n) is 2.52. The molecule has 23 heavy (non-hydrogen) atoms. The molecule has 0 aromatic heterocycles. The van der Waals surface area contributed by atoms with Gasteiger partial charge in [0.05, 0.1) is 32.1 Å². The van der Waals surface area contributed by atoms with E-state index >= 15 is 0 Å². The Balaban J connectivity index is 2.33. The van der Waals surface area contributed by atoms with E-state index in [2.05, 4.69) is 26.2 Å². The molecule has 0 spiro atoms. The van der Waals surface area contributed by atoms with Crippen molar-refractivity contribution >= 4 is 9.84 Å². The molecule has 0 N–H and O–H groups in total. The number of unbranched alkanes of at least 4 members (excludes halogenated alkanes) is 1. The van der Waals surface area contributed by atoms with Gasteiger partial charge in [-0.1, -0.05) is 30.3 Å². The Bertz CT molecular complexity index is 562. The van der Waals surface area contributed by atoms with Gasteiger partial charge in [-0.25, -0.2) is 12.8 Å². The zero-order valence-electron chi connectivity index (χ0n) is 14.9. The van der Waals surface area contributed by atoms with Crippen molar-refractivity contribution < 1.29 is 17.3 Å². The number of nitrogens with zero attached hydrogens (tertiary/aromatic N) is 1. The van der Waals surface area contributed by atoms with Gasteiger partial charge < -0.3 is 4.48 Å². The number of benzene rings is 1. The second kappa shape index (κ2) is 8.25. The van der Waals surface area contributed by atoms with Crippen LogP contribution in [0, 0.1) is 0 Å². The minimum absolute atomic E-state index is 0.0568. The molecule has 0 aliphatic carbocycles. The SMILES string of the molecule is CC(C)(F)CCS(=O)(=O)CCCC[N+](C)(C)Cc1ccccc1. The summed E-state index contributed by atoms with van der Waals surface area (Å²) in [6.07, 6.45) is 1.58. The number of hydrogen-bond donors (Lipinski definition) is 0. The maximum Gasteiger partial charge on any atom is 0.150 e. The average Bonchev–Trinajstić information content (AvgIpc) is 2.42. The van der Waals surface area contributed by atoms with Gasteiger partial charge in [-0.2, -0.15) is 0 Å². The van der Waals surface area contributed by atoms with Crippen molar-refractivity contribution in [3.8, 4) is 0 Å². The molecule has 0 atom stereocenters. The second-order valence-electron chi connectivity index (χ2n) is 7.63. The first kappa shape index (κ1) is 20.1. The molecule has 3 nitrogen and oxygen atoms in total. The van der Waals surface area contributed by atoms with Crippen molar-refractivity contribution in [2.75, 3.05) is 32.1 Å². The van der Waals surface area contributed by atoms with E-state index in [1.165, 1.54) is 19.4 Å². The topological polar surface area (TPSA) is 34.1 Å². The minimum Gasteiger partial charge on any atom is -0.325 e. The summed E-state index contributed by atoms with van der Waals surface area (Å²) >= 11 is 0. The van der Waals surface area contributed by atoms with Crippen LogP contribution in [0.5, 0.6) is 0 Å². The highest BCUT2D eigenvalue weighted by Gasteiger charge is 2.21. The van der Waals surface area contributed by atoms with E-state index in [1.54, 1.807) is 0 Å². The van der Waals surface area contributed by atoms with Crippen molar-refractivity contribution in [2.24, 2.45) is 0 Å². The highest BCUT2D eigenvalue weighted by atomic mass is 32.2. The van der Waals surface area contributed by atoms with Crippen molar-refractivity contribution in [1.82, 2.24) is 0 Å². The molecule has 0 unspecified atom stereocenters. The summed E-state index contributed by atoms with van der Waals surface area (Å²) in [6.45, 7) is 4.71. The molecule has 1 aromatic rings. The first-order valence-corrected chi connectivity index (χ1v) is 10.1. The molecule has 0 amide bonds. The summed E-state index contributed by atoms with van der Waals surface area (Å²) in [5.74, 6) is 0.104. The van der Waals surface area contributed by atoms with Gasteiger partial charge in [-0.15, -0.1) is 0 Å². The summed E-state index contributed by atoms with van der Waals surface area (Å²) in [4.78, 5) is 0. The third-order valence-corrected chi connectivity index (χ3v) is 5.67. The van der Waals surface area contributed by atoms with Gasteiger partial charge in [-0.05, 0) is 33.1 Å². The van der Waals surface area contributed by atoms with Crippen molar-refractivity contribution in [3.05, 3.63) is 35.9 Å². The smallest absolute Gasteiger partial charge is 0.150 e. The predicted molar refractivity (Wildman–Crippen MR) is 94.8 cm³/mol. The Hall–Kier alpha value is -0.940. The number of alkyl halides is 1. The van der Waals surface area contributed by atoms with E-state index in [0.29, 0.717) is 6.42 Å². The highest BCUT2D eigenvalue weighted by Crippen LogP contribution is 2.16. The first-order valence-electron chi connectivity index (χ1n) is 8.24. The maximum atomic E-state index is 13.4. The van der Waals surface area contributed by atoms with Gasteiger partial charge in [0.2, 0.25) is 0 Å². The lowest BCUT2D eigenvalue weighted by atomic mass is 10.1. The molecule has 0 saturated carbocycles. The third-order valence-electron chi connectivity index (χ3n) is 3.93. The molecule has 0 heterocycles. The monoisotopic (exact) mass is 344 g/mol. The summed E-state index contributed by atoms with van der Waals surface area (Å²) in [5, 5.41) is 0. The molecule has 5 heteroatoms. The zero-order valence-corrected chi connectivity index (χ0v) is 15.7. The summed E-state index contributed by atoms with van der Waals surface area (Å²) < 4.78 is 38.1. The van der Waals surface area contributed by atoms with E-state index in [4.69, 9.17) is 0 Å². The zero-order chi connectivity index (χ0) is 17.6. The number of quaternary nitrogens is 1. The Labute approximate surface area is 141 Å². The normalized spacial score (nSPS) is 13.3. The third kappa shape index (κ3) is 9.72. The van der Waals surface area contributed by atoms with Crippen LogP contribution >= 0.6 is 0 Å². The number of rotatable bonds is 10. The Kier molecular flexibility index (Phi) is 7.21. The molecular formula is C18H31FNO2S+. The van der Waals surface area contributed by atoms with Crippen LogP contribution in [0.25, 0.3) is 0 Å². The molecule has 0 aliphatic heterocycles. The standard InChI is InChI=1S/C18H31FNO2S/c1-18(2,19)12-15-23(21,22)14-9-8-13-20(3,4)16-17-10-6-5-7-11-17/h5-7,10-11H,8-9,12-16H2,1-4H3/q+1. The van der Waals surface area contributed by atoms with Crippen LogP contribution in [0.2, 0.25) is 0 Å². The van der Waals surface area contributed by atoms with E-state index in [9.17, 15) is 12.8 Å². The lowest BCUT2D eigenvalue weighted by Crippen LogP contribution is -2.39. The Morgan fingerprint density at radius 3 is 2.22 bits per heavy atom. The fourth-order valence-corrected chi connectivity index (χ4v) is 4.16. The number of hydrogen-bond acceptors (Lipinski definition) is 2. The van der Waals surface area contributed by atoms with E-state index in [-0.39, 0.29) is 17.9 Å². The van der Waals surface area contributed by atoms with E-state index < -0.39 is 15.5 Å². The lowest BCUT2D eigenvalue weighted by molar-refractivity contribution is -0.903. The molecule has 1 aromatic carbocycles. The predicted octanol–water partition coefficient (Wildman–Crippen LogP) is 3.60. The van der Waals surface area contributed by atoms with Crippen molar-refractivity contribution in [2.45, 2.75) is 45.3 Å². The van der Waals surface area contributed by atoms with Crippen molar-refractivity contribution in [3.63, 3.8) is 0 Å². The minimum atomic E-state index is -3.14. The maximum absolute atomic E-state index is 13.4. The summed E-state index contributed by atoms with van der Waals surface area (Å²) in [5.41, 5.74) is -0.128. The van der Waals surface area contributed by atoms with Crippen molar-refractivity contribution in [1.29, 1.82) is 0 Å². The van der Waals surface area contributed by atoms with Crippen LogP contribution in [-0.2, 0) is 16.4 Å². The molecule has 1 rings (SSSR count). The van der Waals surface area contributed by atoms with Gasteiger partial charge >= 0.3 is 0 Å². The molecule has 0 fully saturated rings. The van der Waals surface area contributed by atoms with E-state index in [0.717, 1.165) is 24.0 Å². The largest absolute Gasteiger partial charge is 0.325 e. The highest BCUT2D eigenvalue weighted by molar-refractivity contribution is 7.91. The molecule has 132 valence electrons. The Morgan fingerprint density at radius 1 is 1.04 bits per heavy atom. The molecule has 0 aliphatic rings. The number of sulfone groups is 1. The molecular weight excluding hydrogens is 313 g/mol. The molecule has 0 radical (unpaired) electrons. The van der Waals surface area contributed by atoms with Crippen LogP contribution < -0.4 is 0 Å². The molecule has 0 saturated heterocycles. The van der Waals surface area contributed by atoms with E-state index in [1.807, 2.05) is 18.2 Å². The van der Waals surface area contributed by atoms with Crippen LogP contribution in [0.3, 0.4) is 0 Å². The van der Waals surface area contributed by atoms with Crippen LogP contribution in [0.15, 0.2) is 30.3 Å². The average molecular weight is 345 g/mol. The summed E-state index contributed by atoms with van der Waals surface area (Å²) in [7, 11) is 1.18. The number of halogens is 1. The van der Waals surface area contributed by atoms with Gasteiger partial charge in [0, 0.05) is 5.56 Å². The first-order chi connectivity index (χ1) is 10.5. The van der Waals surface area contributed by atoms with Gasteiger partial charge in [-0.3, -0.25) is 0 Å². The fraction of sp³-hybridized carbons (Fsp3) is 0.667. The van der Waals surface area contributed by atoms with Gasteiger partial charge in [0.25, 0.3) is 0 Å². The van der Waals surface area contributed by atoms with Crippen LogP contribution in [0.4, 0.5) is 4.39 Å². The van der Waals surface area contributed by atoms with Gasteiger partial charge in [0.15, 0.2) is 0 Å². The Morgan fingerprint density at radius 2 is 1.65 bits per heavy atom. The molecule has 0 bridgehead atoms. The lowest BCUT2D eigenvalue weighted by Gasteiger charge is -2.30. The van der Waals surface area contributed by atoms with Gasteiger partial charge in [0.1, 0.15) is 22.1 Å². The van der Waals surface area contributed by atoms with Crippen LogP contribution in [0.1, 0.15) is 38.7 Å². The second-order valence-corrected chi connectivity index (χ2v) is 9.93. The van der Waals surface area contributed by atoms with Crippen LogP contribution in [-0.4, -0.2) is 50.7 Å². The summed E-state index contributed by atoms with van der Waals surface area (Å²) in [6, 6.07) is 10.3. The quantitative estimate of drug-likeness (QED) is 0.480.